The van der Waals surface area contributed by atoms with Crippen LogP contribution in [0.4, 0.5) is 5.69 Å². The van der Waals surface area contributed by atoms with Crippen molar-refractivity contribution in [1.82, 2.24) is 5.32 Å². The number of anilines is 1. The number of hydrogen-bond donors (Lipinski definition) is 2. The van der Waals surface area contributed by atoms with Gasteiger partial charge in [0, 0.05) is 19.4 Å². The van der Waals surface area contributed by atoms with Gasteiger partial charge >= 0.3 is 0 Å². The molecule has 0 radical (unpaired) electrons. The molecule has 0 bridgehead atoms. The summed E-state index contributed by atoms with van der Waals surface area (Å²) >= 11 is 0. The van der Waals surface area contributed by atoms with Gasteiger partial charge in [-0.1, -0.05) is 0 Å². The normalized spacial score (nSPS) is 22.5. The predicted octanol–water partition coefficient (Wildman–Crippen LogP) is 2.20. The Morgan fingerprint density at radius 3 is 2.72 bits per heavy atom. The van der Waals surface area contributed by atoms with E-state index in [1.165, 1.54) is 0 Å². The number of methoxy groups -OCH3 is 1. The Hall–Kier alpha value is -1.63. The van der Waals surface area contributed by atoms with Gasteiger partial charge in [-0.2, -0.15) is 0 Å². The molecule has 2 saturated heterocycles. The molecule has 2 aliphatic heterocycles. The van der Waals surface area contributed by atoms with Crippen LogP contribution in [0.2, 0.25) is 0 Å². The second kappa shape index (κ2) is 8.65. The molecule has 6 nitrogen and oxygen atoms in total. The standard InChI is InChI=1S/C19H28N2O4/c1-23-14-19(8-10-20-11-9-19)18(22)21-15-4-6-16(7-5-15)25-13-17-3-2-12-24-17/h4-7,17,20H,2-3,8-14H2,1H3,(H,21,22). The van der Waals surface area contributed by atoms with Crippen molar-refractivity contribution in [3.8, 4) is 5.75 Å². The average Bonchev–Trinajstić information content (AvgIpc) is 3.16. The number of amides is 1. The molecule has 0 spiro atoms. The van der Waals surface area contributed by atoms with E-state index in [4.69, 9.17) is 14.2 Å². The molecule has 1 amide bonds. The maximum absolute atomic E-state index is 12.8. The van der Waals surface area contributed by atoms with Crippen molar-refractivity contribution in [2.24, 2.45) is 5.41 Å². The van der Waals surface area contributed by atoms with E-state index in [1.54, 1.807) is 7.11 Å². The van der Waals surface area contributed by atoms with Gasteiger partial charge in [-0.15, -0.1) is 0 Å². The van der Waals surface area contributed by atoms with Gasteiger partial charge in [0.1, 0.15) is 12.4 Å². The zero-order valence-electron chi connectivity index (χ0n) is 14.9. The second-order valence-electron chi connectivity index (χ2n) is 6.89. The topological polar surface area (TPSA) is 68.8 Å². The van der Waals surface area contributed by atoms with E-state index in [-0.39, 0.29) is 12.0 Å². The first kappa shape index (κ1) is 18.2. The summed E-state index contributed by atoms with van der Waals surface area (Å²) in [6, 6.07) is 7.53. The summed E-state index contributed by atoms with van der Waals surface area (Å²) in [6.45, 7) is 3.54. The molecule has 3 rings (SSSR count). The third-order valence-electron chi connectivity index (χ3n) is 5.04. The molecule has 138 valence electrons. The van der Waals surface area contributed by atoms with Crippen LogP contribution in [-0.4, -0.2) is 52.0 Å². The summed E-state index contributed by atoms with van der Waals surface area (Å²) in [6.07, 6.45) is 3.94. The first-order valence-electron chi connectivity index (χ1n) is 9.07. The van der Waals surface area contributed by atoms with Gasteiger partial charge in [-0.25, -0.2) is 0 Å². The summed E-state index contributed by atoms with van der Waals surface area (Å²) in [5, 5.41) is 6.33. The third-order valence-corrected chi connectivity index (χ3v) is 5.04. The summed E-state index contributed by atoms with van der Waals surface area (Å²) in [7, 11) is 1.65. The Morgan fingerprint density at radius 2 is 2.08 bits per heavy atom. The number of ether oxygens (including phenoxy) is 3. The van der Waals surface area contributed by atoms with Gasteiger partial charge in [0.25, 0.3) is 0 Å². The van der Waals surface area contributed by atoms with E-state index in [0.29, 0.717) is 13.2 Å². The van der Waals surface area contributed by atoms with Gasteiger partial charge in [-0.3, -0.25) is 4.79 Å². The molecule has 6 heteroatoms. The van der Waals surface area contributed by atoms with Gasteiger partial charge in [0.05, 0.1) is 18.1 Å². The zero-order valence-corrected chi connectivity index (χ0v) is 14.9. The Morgan fingerprint density at radius 1 is 1.32 bits per heavy atom. The summed E-state index contributed by atoms with van der Waals surface area (Å²) in [4.78, 5) is 12.8. The molecule has 1 atom stereocenters. The molecule has 1 aromatic rings. The Kier molecular flexibility index (Phi) is 6.29. The minimum atomic E-state index is -0.449. The summed E-state index contributed by atoms with van der Waals surface area (Å²) < 4.78 is 16.6. The molecule has 0 aliphatic carbocycles. The second-order valence-corrected chi connectivity index (χ2v) is 6.89. The van der Waals surface area contributed by atoms with Crippen molar-refractivity contribution in [2.45, 2.75) is 31.8 Å². The van der Waals surface area contributed by atoms with Crippen LogP contribution in [0.1, 0.15) is 25.7 Å². The van der Waals surface area contributed by atoms with Crippen LogP contribution in [0.15, 0.2) is 24.3 Å². The highest BCUT2D eigenvalue weighted by Gasteiger charge is 2.39. The van der Waals surface area contributed by atoms with Crippen LogP contribution >= 0.6 is 0 Å². The van der Waals surface area contributed by atoms with Crippen LogP contribution in [0.5, 0.6) is 5.75 Å². The van der Waals surface area contributed by atoms with Gasteiger partial charge < -0.3 is 24.8 Å². The quantitative estimate of drug-likeness (QED) is 0.791. The fraction of sp³-hybridized carbons (Fsp3) is 0.632. The lowest BCUT2D eigenvalue weighted by Crippen LogP contribution is -2.47. The summed E-state index contributed by atoms with van der Waals surface area (Å²) in [5.74, 6) is 0.825. The largest absolute Gasteiger partial charge is 0.491 e. The lowest BCUT2D eigenvalue weighted by Gasteiger charge is -2.35. The van der Waals surface area contributed by atoms with Crippen molar-refractivity contribution in [3.05, 3.63) is 24.3 Å². The molecule has 2 fully saturated rings. The van der Waals surface area contributed by atoms with E-state index in [0.717, 1.165) is 56.8 Å². The van der Waals surface area contributed by atoms with Crippen molar-refractivity contribution in [2.75, 3.05) is 45.3 Å². The number of hydrogen-bond acceptors (Lipinski definition) is 5. The van der Waals surface area contributed by atoms with Crippen molar-refractivity contribution in [3.63, 3.8) is 0 Å². The molecule has 1 unspecified atom stereocenters. The highest BCUT2D eigenvalue weighted by Crippen LogP contribution is 2.31. The van der Waals surface area contributed by atoms with Crippen molar-refractivity contribution >= 4 is 11.6 Å². The lowest BCUT2D eigenvalue weighted by molar-refractivity contribution is -0.130. The molecule has 2 N–H and O–H groups in total. The van der Waals surface area contributed by atoms with Crippen LogP contribution in [0.25, 0.3) is 0 Å². The Bertz CT molecular complexity index is 544. The number of benzene rings is 1. The van der Waals surface area contributed by atoms with E-state index in [9.17, 15) is 4.79 Å². The monoisotopic (exact) mass is 348 g/mol. The van der Waals surface area contributed by atoms with Gasteiger partial charge in [0.2, 0.25) is 5.91 Å². The van der Waals surface area contributed by atoms with Crippen LogP contribution in [0.3, 0.4) is 0 Å². The van der Waals surface area contributed by atoms with Crippen LogP contribution < -0.4 is 15.4 Å². The number of piperidine rings is 1. The SMILES string of the molecule is COCC1(C(=O)Nc2ccc(OCC3CCCO3)cc2)CCNCC1. The smallest absolute Gasteiger partial charge is 0.233 e. The minimum absolute atomic E-state index is 0.0314. The fourth-order valence-corrected chi connectivity index (χ4v) is 3.48. The molecular weight excluding hydrogens is 320 g/mol. The molecule has 0 saturated carbocycles. The third kappa shape index (κ3) is 4.71. The van der Waals surface area contributed by atoms with E-state index < -0.39 is 5.41 Å². The summed E-state index contributed by atoms with van der Waals surface area (Å²) in [5.41, 5.74) is 0.332. The zero-order chi connectivity index (χ0) is 17.5. The average molecular weight is 348 g/mol. The van der Waals surface area contributed by atoms with Crippen molar-refractivity contribution in [1.29, 1.82) is 0 Å². The first-order chi connectivity index (χ1) is 12.2. The maximum atomic E-state index is 12.8. The number of nitrogens with one attached hydrogen (secondary N) is 2. The highest BCUT2D eigenvalue weighted by molar-refractivity contribution is 5.95. The van der Waals surface area contributed by atoms with Crippen LogP contribution in [0, 0.1) is 5.41 Å². The van der Waals surface area contributed by atoms with E-state index in [2.05, 4.69) is 10.6 Å². The Labute approximate surface area is 149 Å². The Balaban J connectivity index is 1.55. The van der Waals surface area contributed by atoms with E-state index in [1.807, 2.05) is 24.3 Å². The molecule has 25 heavy (non-hydrogen) atoms. The van der Waals surface area contributed by atoms with E-state index >= 15 is 0 Å². The molecule has 0 aromatic heterocycles. The molecule has 2 heterocycles. The fourth-order valence-electron chi connectivity index (χ4n) is 3.48. The van der Waals surface area contributed by atoms with Crippen LogP contribution in [-0.2, 0) is 14.3 Å². The number of carbonyl (C=O) groups excluding carboxylic acids is 1. The predicted molar refractivity (Wildman–Crippen MR) is 96.0 cm³/mol. The number of rotatable bonds is 7. The van der Waals surface area contributed by atoms with Crippen molar-refractivity contribution < 1.29 is 19.0 Å². The maximum Gasteiger partial charge on any atom is 0.233 e. The van der Waals surface area contributed by atoms with Gasteiger partial charge in [0.15, 0.2) is 0 Å². The lowest BCUT2D eigenvalue weighted by atomic mass is 9.78. The minimum Gasteiger partial charge on any atom is -0.491 e. The molecule has 2 aliphatic rings. The number of carbonyl (C=O) groups is 1. The first-order valence-corrected chi connectivity index (χ1v) is 9.07. The van der Waals surface area contributed by atoms with Gasteiger partial charge in [-0.05, 0) is 63.0 Å². The molecule has 1 aromatic carbocycles. The molecular formula is C19H28N2O4. The highest BCUT2D eigenvalue weighted by atomic mass is 16.5.